The van der Waals surface area contributed by atoms with Crippen molar-refractivity contribution < 1.29 is 28.6 Å². The number of hydrogen-bond acceptors (Lipinski definition) is 7. The number of rotatable bonds is 11. The van der Waals surface area contributed by atoms with E-state index < -0.39 is 22.6 Å². The van der Waals surface area contributed by atoms with E-state index >= 15 is 0 Å². The van der Waals surface area contributed by atoms with Gasteiger partial charge in [0.25, 0.3) is 5.69 Å². The first-order valence-electron chi connectivity index (χ1n) is 9.74. The van der Waals surface area contributed by atoms with E-state index in [-0.39, 0.29) is 5.69 Å². The molecule has 0 saturated carbocycles. The van der Waals surface area contributed by atoms with Crippen molar-refractivity contribution in [2.75, 3.05) is 26.4 Å². The third-order valence-corrected chi connectivity index (χ3v) is 4.59. The second kappa shape index (κ2) is 10.2. The third kappa shape index (κ3) is 6.70. The summed E-state index contributed by atoms with van der Waals surface area (Å²) in [4.78, 5) is 10.3. The molecule has 1 heterocycles. The number of nitro benzene ring substituents is 1. The molecule has 0 aliphatic carbocycles. The summed E-state index contributed by atoms with van der Waals surface area (Å²) in [6, 6.07) is 5.96. The van der Waals surface area contributed by atoms with Crippen molar-refractivity contribution in [2.45, 2.75) is 64.6 Å². The summed E-state index contributed by atoms with van der Waals surface area (Å²) in [7, 11) is 0. The Hall–Kier alpha value is -1.74. The Balaban J connectivity index is 1.89. The van der Waals surface area contributed by atoms with Gasteiger partial charge in [0.1, 0.15) is 11.4 Å². The highest BCUT2D eigenvalue weighted by Crippen LogP contribution is 2.29. The maximum absolute atomic E-state index is 10.8. The molecule has 0 aromatic heterocycles. The molecule has 1 aliphatic heterocycles. The highest BCUT2D eigenvalue weighted by atomic mass is 16.7. The van der Waals surface area contributed by atoms with Gasteiger partial charge in [0.05, 0.1) is 31.4 Å². The number of hydrogen-bond donors (Lipinski definition) is 0. The lowest BCUT2D eigenvalue weighted by atomic mass is 10.0. The van der Waals surface area contributed by atoms with E-state index in [1.165, 1.54) is 12.1 Å². The van der Waals surface area contributed by atoms with Gasteiger partial charge in [0.2, 0.25) is 6.29 Å². The number of nitro groups is 1. The normalized spacial score (nSPS) is 19.1. The Morgan fingerprint density at radius 2 is 1.79 bits per heavy atom. The van der Waals surface area contributed by atoms with Crippen LogP contribution >= 0.6 is 0 Å². The fourth-order valence-electron chi connectivity index (χ4n) is 2.68. The maximum atomic E-state index is 10.8. The van der Waals surface area contributed by atoms with Gasteiger partial charge in [-0.2, -0.15) is 0 Å². The minimum absolute atomic E-state index is 0.0202. The Morgan fingerprint density at radius 3 is 2.32 bits per heavy atom. The van der Waals surface area contributed by atoms with Crippen LogP contribution in [0, 0.1) is 10.1 Å². The third-order valence-electron chi connectivity index (χ3n) is 4.59. The summed E-state index contributed by atoms with van der Waals surface area (Å²) in [5.74, 6) is -0.0728. The number of benzene rings is 1. The van der Waals surface area contributed by atoms with Crippen LogP contribution in [0.3, 0.4) is 0 Å². The first-order chi connectivity index (χ1) is 13.3. The zero-order valence-electron chi connectivity index (χ0n) is 17.1. The largest absolute Gasteiger partial charge is 0.465 e. The van der Waals surface area contributed by atoms with Crippen LogP contribution in [0.15, 0.2) is 24.3 Å². The zero-order valence-corrected chi connectivity index (χ0v) is 17.1. The number of ether oxygens (including phenoxy) is 5. The molecular formula is C20H31NO7. The van der Waals surface area contributed by atoms with Crippen molar-refractivity contribution in [1.82, 2.24) is 0 Å². The van der Waals surface area contributed by atoms with Crippen molar-refractivity contribution in [3.63, 3.8) is 0 Å². The zero-order chi connectivity index (χ0) is 20.6. The topological polar surface area (TPSA) is 89.3 Å². The SMILES string of the molecule is CCCOC(CCOC1(CC)COC(C)(C)OC1)Oc1ccc([N+](=O)[O-])cc1. The van der Waals surface area contributed by atoms with Crippen molar-refractivity contribution in [1.29, 1.82) is 0 Å². The van der Waals surface area contributed by atoms with Gasteiger partial charge in [-0.3, -0.25) is 10.1 Å². The lowest BCUT2D eigenvalue weighted by molar-refractivity contribution is -0.384. The molecule has 1 unspecified atom stereocenters. The van der Waals surface area contributed by atoms with E-state index in [2.05, 4.69) is 0 Å². The molecule has 0 radical (unpaired) electrons. The molecule has 158 valence electrons. The van der Waals surface area contributed by atoms with E-state index in [0.29, 0.717) is 38.6 Å². The van der Waals surface area contributed by atoms with Crippen molar-refractivity contribution >= 4 is 5.69 Å². The Kier molecular flexibility index (Phi) is 8.18. The molecular weight excluding hydrogens is 366 g/mol. The predicted octanol–water partition coefficient (Wildman–Crippen LogP) is 4.06. The van der Waals surface area contributed by atoms with Crippen LogP contribution in [0.4, 0.5) is 5.69 Å². The number of nitrogens with zero attached hydrogens (tertiary/aromatic N) is 1. The van der Waals surface area contributed by atoms with Crippen molar-refractivity contribution in [3.05, 3.63) is 34.4 Å². The molecule has 28 heavy (non-hydrogen) atoms. The van der Waals surface area contributed by atoms with Crippen LogP contribution in [0.25, 0.3) is 0 Å². The summed E-state index contributed by atoms with van der Waals surface area (Å²) < 4.78 is 29.2. The monoisotopic (exact) mass is 397 g/mol. The molecule has 1 aliphatic rings. The van der Waals surface area contributed by atoms with Gasteiger partial charge in [-0.25, -0.2) is 0 Å². The second-order valence-corrected chi connectivity index (χ2v) is 7.32. The average Bonchev–Trinajstić information content (AvgIpc) is 2.68. The number of non-ortho nitro benzene ring substituents is 1. The first kappa shape index (κ1) is 22.5. The lowest BCUT2D eigenvalue weighted by Crippen LogP contribution is -2.52. The minimum Gasteiger partial charge on any atom is -0.465 e. The van der Waals surface area contributed by atoms with Crippen LogP contribution in [-0.2, 0) is 18.9 Å². The fraction of sp³-hybridized carbons (Fsp3) is 0.700. The Morgan fingerprint density at radius 1 is 1.14 bits per heavy atom. The summed E-state index contributed by atoms with van der Waals surface area (Å²) >= 11 is 0. The molecule has 1 atom stereocenters. The van der Waals surface area contributed by atoms with Crippen LogP contribution < -0.4 is 4.74 Å². The van der Waals surface area contributed by atoms with Crippen molar-refractivity contribution in [2.24, 2.45) is 0 Å². The molecule has 1 fully saturated rings. The fourth-order valence-corrected chi connectivity index (χ4v) is 2.68. The van der Waals surface area contributed by atoms with E-state index in [4.69, 9.17) is 23.7 Å². The van der Waals surface area contributed by atoms with Gasteiger partial charge < -0.3 is 23.7 Å². The quantitative estimate of drug-likeness (QED) is 0.316. The second-order valence-electron chi connectivity index (χ2n) is 7.32. The molecule has 0 amide bonds. The first-order valence-corrected chi connectivity index (χ1v) is 9.74. The average molecular weight is 397 g/mol. The molecule has 0 bridgehead atoms. The van der Waals surface area contributed by atoms with Gasteiger partial charge >= 0.3 is 0 Å². The van der Waals surface area contributed by atoms with Gasteiger partial charge in [0.15, 0.2) is 5.79 Å². The molecule has 8 nitrogen and oxygen atoms in total. The van der Waals surface area contributed by atoms with E-state index in [1.807, 2.05) is 27.7 Å². The molecule has 0 N–H and O–H groups in total. The van der Waals surface area contributed by atoms with E-state index in [0.717, 1.165) is 12.8 Å². The minimum atomic E-state index is -0.589. The van der Waals surface area contributed by atoms with E-state index in [9.17, 15) is 10.1 Å². The van der Waals surface area contributed by atoms with Crippen LogP contribution in [0.1, 0.15) is 47.0 Å². The molecule has 2 rings (SSSR count). The highest BCUT2D eigenvalue weighted by molar-refractivity contribution is 5.36. The van der Waals surface area contributed by atoms with Gasteiger partial charge in [0, 0.05) is 18.6 Å². The molecule has 1 aromatic carbocycles. The Bertz CT molecular complexity index is 607. The van der Waals surface area contributed by atoms with Crippen molar-refractivity contribution in [3.8, 4) is 5.75 Å². The molecule has 8 heteroatoms. The van der Waals surface area contributed by atoms with Crippen LogP contribution in [0.5, 0.6) is 5.75 Å². The van der Waals surface area contributed by atoms with E-state index in [1.54, 1.807) is 12.1 Å². The summed E-state index contributed by atoms with van der Waals surface area (Å²) in [6.07, 6.45) is 1.64. The Labute approximate surface area is 166 Å². The smallest absolute Gasteiger partial charge is 0.269 e. The van der Waals surface area contributed by atoms with Crippen LogP contribution in [0.2, 0.25) is 0 Å². The van der Waals surface area contributed by atoms with Gasteiger partial charge in [-0.1, -0.05) is 13.8 Å². The van der Waals surface area contributed by atoms with Crippen LogP contribution in [-0.4, -0.2) is 49.0 Å². The highest BCUT2D eigenvalue weighted by Gasteiger charge is 2.39. The predicted molar refractivity (Wildman–Crippen MR) is 103 cm³/mol. The van der Waals surface area contributed by atoms with Gasteiger partial charge in [-0.15, -0.1) is 0 Å². The molecule has 1 aromatic rings. The standard InChI is InChI=1S/C20H31NO7/c1-5-12-24-18(28-17-9-7-16(8-10-17)21(22)23)11-13-25-20(6-2)14-26-19(3,4)27-15-20/h7-10,18H,5-6,11-15H2,1-4H3. The summed E-state index contributed by atoms with van der Waals surface area (Å²) in [6.45, 7) is 9.76. The summed E-state index contributed by atoms with van der Waals surface area (Å²) in [5, 5.41) is 10.8. The summed E-state index contributed by atoms with van der Waals surface area (Å²) in [5.41, 5.74) is -0.454. The lowest BCUT2D eigenvalue weighted by Gasteiger charge is -2.43. The molecule has 0 spiro atoms. The molecule has 1 saturated heterocycles. The van der Waals surface area contributed by atoms with Gasteiger partial charge in [-0.05, 0) is 38.8 Å². The maximum Gasteiger partial charge on any atom is 0.269 e.